The fraction of sp³-hybridized carbons (Fsp3) is 0. The number of hydrogen-bond acceptors (Lipinski definition) is 3. The van der Waals surface area contributed by atoms with E-state index in [0.29, 0.717) is 0 Å². The van der Waals surface area contributed by atoms with E-state index in [0.717, 1.165) is 33.1 Å². The molecule has 0 aliphatic carbocycles. The number of hydrogen-bond donors (Lipinski definition) is 0. The van der Waals surface area contributed by atoms with Crippen molar-refractivity contribution in [3.8, 4) is 32.5 Å². The predicted molar refractivity (Wildman–Crippen MR) is 179 cm³/mol. The molecule has 0 amide bonds. The molecule has 0 bridgehead atoms. The van der Waals surface area contributed by atoms with Gasteiger partial charge in [0.25, 0.3) is 0 Å². The van der Waals surface area contributed by atoms with Gasteiger partial charge in [-0.25, -0.2) is 4.98 Å². The Morgan fingerprint density at radius 2 is 1.07 bits per heavy atom. The van der Waals surface area contributed by atoms with Crippen molar-refractivity contribution in [1.82, 2.24) is 19.1 Å². The SMILES string of the molecule is c1ccc(-c2nc(-n3c4ccccc4c4cc5c(cc43)c3ccccc3n5-c3cccnc3)sc2-c2ccccc2)cc1. The van der Waals surface area contributed by atoms with E-state index in [1.807, 2.05) is 18.5 Å². The van der Waals surface area contributed by atoms with Crippen molar-refractivity contribution in [3.63, 3.8) is 0 Å². The Morgan fingerprint density at radius 3 is 1.72 bits per heavy atom. The van der Waals surface area contributed by atoms with E-state index in [-0.39, 0.29) is 0 Å². The highest BCUT2D eigenvalue weighted by Gasteiger charge is 2.22. The zero-order valence-electron chi connectivity index (χ0n) is 23.1. The van der Waals surface area contributed by atoms with Gasteiger partial charge in [-0.05, 0) is 42.0 Å². The van der Waals surface area contributed by atoms with Crippen LogP contribution in [0.3, 0.4) is 0 Å². The van der Waals surface area contributed by atoms with Gasteiger partial charge in [0.2, 0.25) is 0 Å². The normalized spacial score (nSPS) is 11.7. The van der Waals surface area contributed by atoms with Gasteiger partial charge >= 0.3 is 0 Å². The van der Waals surface area contributed by atoms with Crippen LogP contribution in [0.1, 0.15) is 0 Å². The summed E-state index contributed by atoms with van der Waals surface area (Å²) in [6.07, 6.45) is 3.76. The third-order valence-electron chi connectivity index (χ3n) is 8.26. The summed E-state index contributed by atoms with van der Waals surface area (Å²) in [5, 5.41) is 5.79. The second kappa shape index (κ2) is 9.51. The molecule has 4 heterocycles. The van der Waals surface area contributed by atoms with Crippen LogP contribution in [0, 0.1) is 0 Å². The smallest absolute Gasteiger partial charge is 0.195 e. The van der Waals surface area contributed by atoms with E-state index >= 15 is 0 Å². The van der Waals surface area contributed by atoms with Crippen LogP contribution in [0.25, 0.3) is 76.1 Å². The standard InChI is InChI=1S/C38H24N4S/c1-3-12-25(13-4-1)36-37(26-14-5-2-6-15-26)43-38(40-36)42-33-20-10-8-18-29(33)31-22-34-30(23-35(31)42)28-17-7-9-19-32(28)41(34)27-16-11-21-39-24-27/h1-24H. The predicted octanol–water partition coefficient (Wildman–Crippen LogP) is 10.1. The average Bonchev–Trinajstić information content (AvgIpc) is 3.75. The number of aromatic nitrogens is 4. The van der Waals surface area contributed by atoms with E-state index in [2.05, 4.69) is 142 Å². The topological polar surface area (TPSA) is 35.6 Å². The lowest BCUT2D eigenvalue weighted by molar-refractivity contribution is 1.13. The quantitative estimate of drug-likeness (QED) is 0.212. The number of rotatable bonds is 4. The molecule has 0 aliphatic rings. The van der Waals surface area contributed by atoms with Crippen molar-refractivity contribution >= 4 is 54.9 Å². The number of fused-ring (bicyclic) bond motifs is 6. The monoisotopic (exact) mass is 568 g/mol. The molecule has 0 fully saturated rings. The van der Waals surface area contributed by atoms with E-state index in [1.165, 1.54) is 43.0 Å². The van der Waals surface area contributed by atoms with Gasteiger partial charge < -0.3 is 4.57 Å². The number of pyridine rings is 1. The first-order chi connectivity index (χ1) is 21.3. The van der Waals surface area contributed by atoms with Crippen LogP contribution in [-0.4, -0.2) is 19.1 Å². The van der Waals surface area contributed by atoms with Crippen molar-refractivity contribution in [2.75, 3.05) is 0 Å². The van der Waals surface area contributed by atoms with Crippen molar-refractivity contribution in [2.45, 2.75) is 0 Å². The van der Waals surface area contributed by atoms with Crippen LogP contribution < -0.4 is 0 Å². The molecule has 9 rings (SSSR count). The lowest BCUT2D eigenvalue weighted by Gasteiger charge is -2.07. The molecule has 5 aromatic carbocycles. The minimum absolute atomic E-state index is 0.958. The molecule has 0 saturated heterocycles. The van der Waals surface area contributed by atoms with Crippen molar-refractivity contribution < 1.29 is 0 Å². The fourth-order valence-electron chi connectivity index (χ4n) is 6.38. The molecule has 0 N–H and O–H groups in total. The highest BCUT2D eigenvalue weighted by Crippen LogP contribution is 2.43. The van der Waals surface area contributed by atoms with Crippen LogP contribution in [0.4, 0.5) is 0 Å². The molecular formula is C38H24N4S. The summed E-state index contributed by atoms with van der Waals surface area (Å²) >= 11 is 1.74. The highest BCUT2D eigenvalue weighted by atomic mass is 32.1. The molecule has 0 aliphatic heterocycles. The molecule has 9 aromatic rings. The van der Waals surface area contributed by atoms with Crippen LogP contribution in [0.5, 0.6) is 0 Å². The highest BCUT2D eigenvalue weighted by molar-refractivity contribution is 7.18. The minimum atomic E-state index is 0.958. The molecule has 0 saturated carbocycles. The van der Waals surface area contributed by atoms with E-state index < -0.39 is 0 Å². The molecule has 4 nitrogen and oxygen atoms in total. The molecular weight excluding hydrogens is 545 g/mol. The summed E-state index contributed by atoms with van der Waals surface area (Å²) in [7, 11) is 0. The Bertz CT molecular complexity index is 2380. The van der Waals surface area contributed by atoms with Gasteiger partial charge in [-0.3, -0.25) is 9.55 Å². The second-order valence-electron chi connectivity index (χ2n) is 10.7. The molecule has 0 atom stereocenters. The lowest BCUT2D eigenvalue weighted by atomic mass is 10.1. The van der Waals surface area contributed by atoms with Gasteiger partial charge in [-0.2, -0.15) is 0 Å². The number of nitrogens with zero attached hydrogens (tertiary/aromatic N) is 4. The first kappa shape index (κ1) is 24.1. The Hall–Kier alpha value is -5.52. The zero-order valence-corrected chi connectivity index (χ0v) is 23.9. The zero-order chi connectivity index (χ0) is 28.3. The maximum absolute atomic E-state index is 5.36. The summed E-state index contributed by atoms with van der Waals surface area (Å²) in [5.74, 6) is 0. The van der Waals surface area contributed by atoms with Crippen LogP contribution >= 0.6 is 11.3 Å². The molecule has 4 aromatic heterocycles. The van der Waals surface area contributed by atoms with Gasteiger partial charge in [-0.15, -0.1) is 0 Å². The first-order valence-corrected chi connectivity index (χ1v) is 15.2. The third-order valence-corrected chi connectivity index (χ3v) is 9.35. The number of thiazole rings is 1. The number of benzene rings is 5. The Labute approximate surface area is 251 Å². The van der Waals surface area contributed by atoms with Crippen LogP contribution in [-0.2, 0) is 0 Å². The van der Waals surface area contributed by atoms with E-state index in [9.17, 15) is 0 Å². The largest absolute Gasteiger partial charge is 0.308 e. The average molecular weight is 569 g/mol. The van der Waals surface area contributed by atoms with Crippen molar-refractivity contribution in [1.29, 1.82) is 0 Å². The van der Waals surface area contributed by atoms with Crippen molar-refractivity contribution in [2.24, 2.45) is 0 Å². The van der Waals surface area contributed by atoms with E-state index in [4.69, 9.17) is 4.98 Å². The maximum Gasteiger partial charge on any atom is 0.195 e. The first-order valence-electron chi connectivity index (χ1n) is 14.3. The number of para-hydroxylation sites is 2. The third kappa shape index (κ3) is 3.69. The summed E-state index contributed by atoms with van der Waals surface area (Å²) in [5.41, 5.74) is 8.98. The lowest BCUT2D eigenvalue weighted by Crippen LogP contribution is -1.95. The van der Waals surface area contributed by atoms with Gasteiger partial charge in [0.05, 0.1) is 44.5 Å². The molecule has 0 unspecified atom stereocenters. The van der Waals surface area contributed by atoms with Crippen LogP contribution in [0.2, 0.25) is 0 Å². The molecule has 43 heavy (non-hydrogen) atoms. The second-order valence-corrected chi connectivity index (χ2v) is 11.7. The summed E-state index contributed by atoms with van der Waals surface area (Å²) in [4.78, 5) is 11.0. The van der Waals surface area contributed by atoms with Crippen LogP contribution in [0.15, 0.2) is 146 Å². The van der Waals surface area contributed by atoms with Gasteiger partial charge in [0.15, 0.2) is 5.13 Å². The Morgan fingerprint density at radius 1 is 0.488 bits per heavy atom. The summed E-state index contributed by atoms with van der Waals surface area (Å²) < 4.78 is 4.68. The summed E-state index contributed by atoms with van der Waals surface area (Å²) in [6, 6.07) is 47.2. The van der Waals surface area contributed by atoms with Gasteiger partial charge in [0.1, 0.15) is 0 Å². The molecule has 5 heteroatoms. The van der Waals surface area contributed by atoms with Gasteiger partial charge in [-0.1, -0.05) is 108 Å². The van der Waals surface area contributed by atoms with Crippen molar-refractivity contribution in [3.05, 3.63) is 146 Å². The molecule has 0 spiro atoms. The Kier molecular flexibility index (Phi) is 5.33. The van der Waals surface area contributed by atoms with E-state index in [1.54, 1.807) is 11.3 Å². The van der Waals surface area contributed by atoms with Gasteiger partial charge in [0, 0.05) is 33.3 Å². The Balaban J connectivity index is 1.39. The molecule has 0 radical (unpaired) electrons. The minimum Gasteiger partial charge on any atom is -0.308 e. The summed E-state index contributed by atoms with van der Waals surface area (Å²) in [6.45, 7) is 0. The molecule has 202 valence electrons. The maximum atomic E-state index is 5.36. The fourth-order valence-corrected chi connectivity index (χ4v) is 7.50.